The summed E-state index contributed by atoms with van der Waals surface area (Å²) in [6.07, 6.45) is -0.238. The van der Waals surface area contributed by atoms with Crippen LogP contribution in [-0.4, -0.2) is 16.2 Å². The van der Waals surface area contributed by atoms with E-state index in [1.807, 2.05) is 35.6 Å². The molecule has 0 radical (unpaired) electrons. The molecule has 0 saturated heterocycles. The average Bonchev–Trinajstić information content (AvgIpc) is 3.74. The summed E-state index contributed by atoms with van der Waals surface area (Å²) in [5, 5.41) is 8.56. The number of para-hydroxylation sites is 2. The fourth-order valence-corrected chi connectivity index (χ4v) is 8.47. The number of hydrogen-bond acceptors (Lipinski definition) is 4. The molecule has 4 nitrogen and oxygen atoms in total. The molecule has 1 unspecified atom stereocenters. The highest BCUT2D eigenvalue weighted by molar-refractivity contribution is 7.26. The monoisotopic (exact) mass is 658 g/mol. The normalized spacial score (nSPS) is 14.6. The molecule has 0 aliphatic carbocycles. The number of thiophene rings is 1. The van der Waals surface area contributed by atoms with Crippen LogP contribution < -0.4 is 5.32 Å². The van der Waals surface area contributed by atoms with Gasteiger partial charge in [-0.1, -0.05) is 121 Å². The summed E-state index contributed by atoms with van der Waals surface area (Å²) in [5.74, 6) is 1.57. The van der Waals surface area contributed by atoms with Crippen LogP contribution >= 0.6 is 11.3 Å². The summed E-state index contributed by atoms with van der Waals surface area (Å²) in [7, 11) is 0. The van der Waals surface area contributed by atoms with Crippen LogP contribution in [-0.2, 0) is 0 Å². The van der Waals surface area contributed by atoms with Crippen molar-refractivity contribution in [3.05, 3.63) is 187 Å². The molecule has 3 heterocycles. The molecule has 9 aromatic rings. The molecule has 10 rings (SSSR count). The number of benzene rings is 7. The first-order valence-electron chi connectivity index (χ1n) is 16.9. The summed E-state index contributed by atoms with van der Waals surface area (Å²) in [5.41, 5.74) is 9.19. The number of amidine groups is 2. The van der Waals surface area contributed by atoms with E-state index in [1.165, 1.54) is 58.8 Å². The maximum atomic E-state index is 5.18. The second-order valence-corrected chi connectivity index (χ2v) is 13.7. The first-order chi connectivity index (χ1) is 24.8. The van der Waals surface area contributed by atoms with Gasteiger partial charge in [-0.3, -0.25) is 0 Å². The van der Waals surface area contributed by atoms with Gasteiger partial charge in [-0.25, -0.2) is 9.98 Å². The summed E-state index contributed by atoms with van der Waals surface area (Å²) >= 11 is 1.81. The Kier molecular flexibility index (Phi) is 6.71. The van der Waals surface area contributed by atoms with Crippen molar-refractivity contribution in [3.63, 3.8) is 0 Å². The summed E-state index contributed by atoms with van der Waals surface area (Å²) < 4.78 is 4.81. The van der Waals surface area contributed by atoms with Crippen LogP contribution in [0.25, 0.3) is 58.8 Å². The zero-order valence-electron chi connectivity index (χ0n) is 27.0. The Balaban J connectivity index is 1.10. The van der Waals surface area contributed by atoms with Gasteiger partial charge in [0, 0.05) is 47.8 Å². The van der Waals surface area contributed by atoms with Gasteiger partial charge in [-0.05, 0) is 65.2 Å². The van der Waals surface area contributed by atoms with Gasteiger partial charge in [-0.15, -0.1) is 11.3 Å². The first-order valence-corrected chi connectivity index (χ1v) is 17.7. The maximum absolute atomic E-state index is 5.18. The van der Waals surface area contributed by atoms with E-state index in [-0.39, 0.29) is 6.17 Å². The van der Waals surface area contributed by atoms with E-state index >= 15 is 0 Å². The largest absolute Gasteiger partial charge is 0.344 e. The van der Waals surface area contributed by atoms with E-state index in [0.29, 0.717) is 0 Å². The minimum absolute atomic E-state index is 0.238. The Morgan fingerprint density at radius 2 is 1.18 bits per heavy atom. The Bertz CT molecular complexity index is 2780. The van der Waals surface area contributed by atoms with Gasteiger partial charge in [0.25, 0.3) is 0 Å². The van der Waals surface area contributed by atoms with Crippen LogP contribution in [0.1, 0.15) is 22.9 Å². The highest BCUT2D eigenvalue weighted by atomic mass is 32.1. The lowest BCUT2D eigenvalue weighted by Gasteiger charge is -2.23. The standard InChI is InChI=1S/C45H30N4S/c1-4-13-29(14-5-1)43-46-44(30-15-6-2-7-16-30)48-45(47-43)36-21-12-20-35-38-28-32(24-26-41(38)50-42(35)36)31-23-25-40-37(27-31)34-19-10-11-22-39(34)49(40)33-17-8-3-9-18-33/h1-28,43H,(H,46,47,48). The molecule has 1 N–H and O–H groups in total. The number of rotatable bonds is 5. The Labute approximate surface area is 293 Å². The second kappa shape index (κ2) is 11.7. The predicted octanol–water partition coefficient (Wildman–Crippen LogP) is 11.3. The van der Waals surface area contributed by atoms with Crippen molar-refractivity contribution in [2.24, 2.45) is 9.98 Å². The first kappa shape index (κ1) is 28.7. The van der Waals surface area contributed by atoms with Crippen molar-refractivity contribution in [2.75, 3.05) is 0 Å². The Morgan fingerprint density at radius 3 is 2.00 bits per heavy atom. The van der Waals surface area contributed by atoms with Crippen LogP contribution in [0.15, 0.2) is 180 Å². The van der Waals surface area contributed by atoms with Crippen molar-refractivity contribution in [2.45, 2.75) is 6.17 Å². The fraction of sp³-hybridized carbons (Fsp3) is 0.0222. The molecule has 0 amide bonds. The number of nitrogens with zero attached hydrogens (tertiary/aromatic N) is 3. The smallest absolute Gasteiger partial charge is 0.160 e. The van der Waals surface area contributed by atoms with E-state index in [2.05, 4.69) is 155 Å². The third kappa shape index (κ3) is 4.74. The third-order valence-corrected chi connectivity index (χ3v) is 10.9. The van der Waals surface area contributed by atoms with Gasteiger partial charge < -0.3 is 9.88 Å². The molecule has 1 aliphatic heterocycles. The predicted molar refractivity (Wildman–Crippen MR) is 211 cm³/mol. The number of aliphatic imine (C=N–C) groups is 2. The van der Waals surface area contributed by atoms with Crippen LogP contribution in [0.4, 0.5) is 0 Å². The molecule has 2 aromatic heterocycles. The van der Waals surface area contributed by atoms with E-state index in [1.54, 1.807) is 0 Å². The van der Waals surface area contributed by atoms with E-state index < -0.39 is 0 Å². The van der Waals surface area contributed by atoms with E-state index in [0.717, 1.165) is 28.4 Å². The zero-order valence-corrected chi connectivity index (χ0v) is 27.8. The second-order valence-electron chi connectivity index (χ2n) is 12.7. The Hall–Kier alpha value is -6.30. The van der Waals surface area contributed by atoms with Gasteiger partial charge in [0.15, 0.2) is 5.84 Å². The lowest BCUT2D eigenvalue weighted by molar-refractivity contribution is 0.674. The van der Waals surface area contributed by atoms with Crippen LogP contribution in [0.3, 0.4) is 0 Å². The van der Waals surface area contributed by atoms with Gasteiger partial charge in [0.1, 0.15) is 12.0 Å². The van der Waals surface area contributed by atoms with E-state index in [4.69, 9.17) is 9.98 Å². The molecule has 1 aliphatic rings. The van der Waals surface area contributed by atoms with Gasteiger partial charge in [0.05, 0.1) is 11.0 Å². The molecule has 7 aromatic carbocycles. The summed E-state index contributed by atoms with van der Waals surface area (Å²) in [4.78, 5) is 10.3. The van der Waals surface area contributed by atoms with Crippen molar-refractivity contribution in [3.8, 4) is 16.8 Å². The average molecular weight is 659 g/mol. The highest BCUT2D eigenvalue weighted by Gasteiger charge is 2.23. The van der Waals surface area contributed by atoms with Crippen LogP contribution in [0.5, 0.6) is 0 Å². The lowest BCUT2D eigenvalue weighted by Crippen LogP contribution is -2.33. The minimum Gasteiger partial charge on any atom is -0.344 e. The fourth-order valence-electron chi connectivity index (χ4n) is 7.28. The van der Waals surface area contributed by atoms with Gasteiger partial charge in [-0.2, -0.15) is 0 Å². The molecule has 5 heteroatoms. The van der Waals surface area contributed by atoms with Gasteiger partial charge in [0.2, 0.25) is 0 Å². The number of aromatic nitrogens is 1. The SMILES string of the molecule is c1ccc(C2=NC(c3cccc4c3sc3ccc(-c5ccc6c(c5)c5ccccc5n6-c5ccccc5)cc34)=NC(c3ccccc3)N2)cc1. The highest BCUT2D eigenvalue weighted by Crippen LogP contribution is 2.40. The Morgan fingerprint density at radius 1 is 0.520 bits per heavy atom. The molecular formula is C45H30N4S. The van der Waals surface area contributed by atoms with Gasteiger partial charge >= 0.3 is 0 Å². The summed E-state index contributed by atoms with van der Waals surface area (Å²) in [6, 6.07) is 60.3. The van der Waals surface area contributed by atoms with Crippen molar-refractivity contribution in [1.82, 2.24) is 9.88 Å². The molecule has 0 fully saturated rings. The quantitative estimate of drug-likeness (QED) is 0.196. The number of hydrogen-bond donors (Lipinski definition) is 1. The van der Waals surface area contributed by atoms with Crippen molar-refractivity contribution >= 4 is 65.0 Å². The molecule has 1 atom stereocenters. The lowest BCUT2D eigenvalue weighted by atomic mass is 10.00. The molecular weight excluding hydrogens is 629 g/mol. The zero-order chi connectivity index (χ0) is 33.0. The molecule has 50 heavy (non-hydrogen) atoms. The molecule has 236 valence electrons. The molecule has 0 saturated carbocycles. The van der Waals surface area contributed by atoms with Crippen molar-refractivity contribution < 1.29 is 0 Å². The van der Waals surface area contributed by atoms with E-state index in [9.17, 15) is 0 Å². The van der Waals surface area contributed by atoms with Crippen LogP contribution in [0.2, 0.25) is 0 Å². The number of nitrogens with one attached hydrogen (secondary N) is 1. The van der Waals surface area contributed by atoms with Crippen LogP contribution in [0, 0.1) is 0 Å². The number of fused-ring (bicyclic) bond motifs is 6. The third-order valence-electron chi connectivity index (χ3n) is 9.66. The maximum Gasteiger partial charge on any atom is 0.160 e. The van der Waals surface area contributed by atoms with Crippen molar-refractivity contribution in [1.29, 1.82) is 0 Å². The molecule has 0 bridgehead atoms. The summed E-state index contributed by atoms with van der Waals surface area (Å²) in [6.45, 7) is 0. The minimum atomic E-state index is -0.238. The topological polar surface area (TPSA) is 41.7 Å². The molecule has 0 spiro atoms.